The van der Waals surface area contributed by atoms with Gasteiger partial charge in [0, 0.05) is 16.0 Å². The van der Waals surface area contributed by atoms with Crippen molar-refractivity contribution in [3.63, 3.8) is 0 Å². The van der Waals surface area contributed by atoms with Gasteiger partial charge < -0.3 is 4.42 Å². The Bertz CT molecular complexity index is 1260. The number of rotatable bonds is 9. The molecule has 2 nitrogen and oxygen atoms in total. The van der Waals surface area contributed by atoms with Crippen LogP contribution in [0.3, 0.4) is 0 Å². The number of unbranched alkanes of at least 4 members (excludes halogenated alkanes) is 1. The Balaban J connectivity index is 1.59. The molecule has 33 heavy (non-hydrogen) atoms. The molecular formula is C30H32O2S. The van der Waals surface area contributed by atoms with Crippen molar-refractivity contribution in [2.24, 2.45) is 5.92 Å². The third-order valence-electron chi connectivity index (χ3n) is 6.45. The van der Waals surface area contributed by atoms with Gasteiger partial charge in [0.1, 0.15) is 5.58 Å². The van der Waals surface area contributed by atoms with Gasteiger partial charge in [0.05, 0.1) is 5.56 Å². The highest BCUT2D eigenvalue weighted by atomic mass is 32.2. The summed E-state index contributed by atoms with van der Waals surface area (Å²) in [5.74, 6) is 1.84. The third kappa shape index (κ3) is 5.42. The van der Waals surface area contributed by atoms with Gasteiger partial charge in [0.15, 0.2) is 0 Å². The smallest absolute Gasteiger partial charge is 0.344 e. The van der Waals surface area contributed by atoms with Crippen molar-refractivity contribution in [1.82, 2.24) is 0 Å². The minimum absolute atomic E-state index is 0.274. The molecule has 170 valence electrons. The largest absolute Gasteiger partial charge is 0.422 e. The van der Waals surface area contributed by atoms with Gasteiger partial charge in [0.2, 0.25) is 0 Å². The van der Waals surface area contributed by atoms with Crippen LogP contribution in [0.1, 0.15) is 45.1 Å². The van der Waals surface area contributed by atoms with Crippen molar-refractivity contribution in [2.75, 3.05) is 5.75 Å². The highest BCUT2D eigenvalue weighted by molar-refractivity contribution is 7.99. The molecular weight excluding hydrogens is 424 g/mol. The van der Waals surface area contributed by atoms with Gasteiger partial charge in [-0.3, -0.25) is 0 Å². The van der Waals surface area contributed by atoms with Crippen LogP contribution in [-0.2, 0) is 0 Å². The molecule has 3 aromatic carbocycles. The maximum Gasteiger partial charge on any atom is 0.344 e. The lowest BCUT2D eigenvalue weighted by Crippen LogP contribution is -2.06. The summed E-state index contributed by atoms with van der Waals surface area (Å²) in [4.78, 5) is 14.1. The van der Waals surface area contributed by atoms with E-state index in [2.05, 4.69) is 50.2 Å². The summed E-state index contributed by atoms with van der Waals surface area (Å²) in [6, 6.07) is 24.7. The standard InChI is InChI=1S/C30H32O2S/c1-4-6-10-22(5-2)20-33-26-17-18-27-21(3)29(30(31)32-28(27)19-26)25-15-13-24(14-16-25)23-11-8-7-9-12-23/h7-9,11-19,22H,4-6,10,20H2,1-3H3. The van der Waals surface area contributed by atoms with Crippen molar-refractivity contribution in [2.45, 2.75) is 51.3 Å². The van der Waals surface area contributed by atoms with Crippen LogP contribution >= 0.6 is 11.8 Å². The molecule has 0 saturated heterocycles. The molecule has 4 rings (SSSR count). The quantitative estimate of drug-likeness (QED) is 0.186. The van der Waals surface area contributed by atoms with Crippen LogP contribution in [0, 0.1) is 12.8 Å². The second-order valence-electron chi connectivity index (χ2n) is 8.72. The monoisotopic (exact) mass is 456 g/mol. The molecule has 3 heteroatoms. The van der Waals surface area contributed by atoms with Crippen LogP contribution in [0.15, 0.2) is 86.9 Å². The number of benzene rings is 3. The summed E-state index contributed by atoms with van der Waals surface area (Å²) in [5, 5.41) is 0.999. The molecule has 1 heterocycles. The van der Waals surface area contributed by atoms with E-state index in [1.54, 1.807) is 0 Å². The maximum atomic E-state index is 13.0. The van der Waals surface area contributed by atoms with Gasteiger partial charge in [-0.1, -0.05) is 87.7 Å². The average molecular weight is 457 g/mol. The van der Waals surface area contributed by atoms with Gasteiger partial charge in [-0.25, -0.2) is 4.79 Å². The summed E-state index contributed by atoms with van der Waals surface area (Å²) in [7, 11) is 0. The maximum absolute atomic E-state index is 13.0. The second-order valence-corrected chi connectivity index (χ2v) is 9.81. The first-order valence-corrected chi connectivity index (χ1v) is 12.9. The zero-order valence-corrected chi connectivity index (χ0v) is 20.6. The topological polar surface area (TPSA) is 30.2 Å². The van der Waals surface area contributed by atoms with E-state index in [0.29, 0.717) is 11.1 Å². The number of hydrogen-bond donors (Lipinski definition) is 0. The molecule has 0 radical (unpaired) electrons. The van der Waals surface area contributed by atoms with Crippen LogP contribution in [0.2, 0.25) is 0 Å². The fraction of sp³-hybridized carbons (Fsp3) is 0.300. The minimum Gasteiger partial charge on any atom is -0.422 e. The molecule has 0 aliphatic rings. The summed E-state index contributed by atoms with van der Waals surface area (Å²) < 4.78 is 5.81. The third-order valence-corrected chi connectivity index (χ3v) is 7.67. The molecule has 0 aliphatic heterocycles. The van der Waals surface area contributed by atoms with Gasteiger partial charge in [-0.2, -0.15) is 0 Å². The predicted molar refractivity (Wildman–Crippen MR) is 142 cm³/mol. The predicted octanol–water partition coefficient (Wildman–Crippen LogP) is 8.74. The number of thioether (sulfide) groups is 1. The molecule has 0 spiro atoms. The van der Waals surface area contributed by atoms with Crippen molar-refractivity contribution in [1.29, 1.82) is 0 Å². The van der Waals surface area contributed by atoms with E-state index in [1.165, 1.54) is 30.6 Å². The van der Waals surface area contributed by atoms with Gasteiger partial charge in [-0.05, 0) is 59.7 Å². The Kier molecular flexibility index (Phi) is 7.72. The summed E-state index contributed by atoms with van der Waals surface area (Å²) >= 11 is 1.87. The van der Waals surface area contributed by atoms with E-state index in [1.807, 2.05) is 55.1 Å². The van der Waals surface area contributed by atoms with Crippen LogP contribution in [0.25, 0.3) is 33.2 Å². The Morgan fingerprint density at radius 2 is 1.58 bits per heavy atom. The molecule has 0 saturated carbocycles. The zero-order chi connectivity index (χ0) is 23.2. The van der Waals surface area contributed by atoms with Gasteiger partial charge in [-0.15, -0.1) is 11.8 Å². The van der Waals surface area contributed by atoms with Gasteiger partial charge >= 0.3 is 5.63 Å². The fourth-order valence-electron chi connectivity index (χ4n) is 4.33. The normalized spacial score (nSPS) is 12.2. The first-order valence-electron chi connectivity index (χ1n) is 12.0. The lowest BCUT2D eigenvalue weighted by molar-refractivity contribution is 0.499. The highest BCUT2D eigenvalue weighted by Gasteiger charge is 2.15. The van der Waals surface area contributed by atoms with E-state index < -0.39 is 0 Å². The molecule has 0 amide bonds. The number of hydrogen-bond acceptors (Lipinski definition) is 3. The van der Waals surface area contributed by atoms with E-state index in [0.717, 1.165) is 39.3 Å². The Morgan fingerprint density at radius 1 is 0.879 bits per heavy atom. The highest BCUT2D eigenvalue weighted by Crippen LogP contribution is 2.32. The van der Waals surface area contributed by atoms with Crippen molar-refractivity contribution >= 4 is 22.7 Å². The molecule has 0 aliphatic carbocycles. The van der Waals surface area contributed by atoms with Crippen LogP contribution in [0.5, 0.6) is 0 Å². The van der Waals surface area contributed by atoms with Crippen LogP contribution < -0.4 is 5.63 Å². The fourth-order valence-corrected chi connectivity index (χ4v) is 5.52. The van der Waals surface area contributed by atoms with E-state index in [-0.39, 0.29) is 5.63 Å². The Morgan fingerprint density at radius 3 is 2.27 bits per heavy atom. The molecule has 1 atom stereocenters. The van der Waals surface area contributed by atoms with E-state index >= 15 is 0 Å². The SMILES string of the molecule is CCCCC(CC)CSc1ccc2c(C)c(-c3ccc(-c4ccccc4)cc3)c(=O)oc2c1. The Labute approximate surface area is 201 Å². The Hall–Kier alpha value is -2.78. The van der Waals surface area contributed by atoms with Crippen molar-refractivity contribution in [3.8, 4) is 22.3 Å². The summed E-state index contributed by atoms with van der Waals surface area (Å²) in [6.07, 6.45) is 5.04. The van der Waals surface area contributed by atoms with Crippen molar-refractivity contribution < 1.29 is 4.42 Å². The van der Waals surface area contributed by atoms with E-state index in [9.17, 15) is 4.79 Å². The molecule has 1 aromatic heterocycles. The van der Waals surface area contributed by atoms with Gasteiger partial charge in [0.25, 0.3) is 0 Å². The lowest BCUT2D eigenvalue weighted by Gasteiger charge is -2.14. The van der Waals surface area contributed by atoms with Crippen LogP contribution in [-0.4, -0.2) is 5.75 Å². The summed E-state index contributed by atoms with van der Waals surface area (Å²) in [6.45, 7) is 6.54. The molecule has 0 fully saturated rings. The number of fused-ring (bicyclic) bond motifs is 1. The minimum atomic E-state index is -0.274. The van der Waals surface area contributed by atoms with E-state index in [4.69, 9.17) is 4.42 Å². The van der Waals surface area contributed by atoms with Crippen LogP contribution in [0.4, 0.5) is 0 Å². The van der Waals surface area contributed by atoms with Crippen molar-refractivity contribution in [3.05, 3.63) is 88.8 Å². The molecule has 0 N–H and O–H groups in total. The molecule has 4 aromatic rings. The first kappa shape index (κ1) is 23.4. The molecule has 1 unspecified atom stereocenters. The average Bonchev–Trinajstić information content (AvgIpc) is 2.85. The summed E-state index contributed by atoms with van der Waals surface area (Å²) in [5.41, 5.74) is 5.21. The first-order chi connectivity index (χ1) is 16.1. The number of aryl methyl sites for hydroxylation is 1. The lowest BCUT2D eigenvalue weighted by atomic mass is 9.97. The second kappa shape index (κ2) is 10.9. The zero-order valence-electron chi connectivity index (χ0n) is 19.8. The molecule has 0 bridgehead atoms.